The Kier molecular flexibility index (Phi) is 6.08. The number of Topliss-reactive ketones (excluding diaryl/α,β-unsaturated/α-hetero) is 1. The highest BCUT2D eigenvalue weighted by atomic mass is 16.6. The molecule has 1 aliphatic heterocycles. The van der Waals surface area contributed by atoms with E-state index in [0.717, 1.165) is 5.56 Å². The second-order valence-electron chi connectivity index (χ2n) is 7.09. The molecule has 1 aromatic carbocycles. The van der Waals surface area contributed by atoms with Crippen LogP contribution in [0, 0.1) is 11.8 Å². The van der Waals surface area contributed by atoms with Gasteiger partial charge < -0.3 is 19.7 Å². The molecule has 0 amide bonds. The van der Waals surface area contributed by atoms with Crippen LogP contribution < -0.4 is 4.74 Å². The zero-order chi connectivity index (χ0) is 19.5. The minimum atomic E-state index is -1.38. The summed E-state index contributed by atoms with van der Waals surface area (Å²) in [4.78, 5) is 23.2. The van der Waals surface area contributed by atoms with Gasteiger partial charge in [0.1, 0.15) is 0 Å². The summed E-state index contributed by atoms with van der Waals surface area (Å²) in [5, 5.41) is 20.0. The Bertz CT molecular complexity index is 710. The number of phenols is 1. The first-order chi connectivity index (χ1) is 12.2. The Morgan fingerprint density at radius 1 is 1.31 bits per heavy atom. The molecule has 4 atom stereocenters. The SMILES string of the molecule is COc1cc(C[C@@H](C)[C@@H](C)C[C@@]2([C@H](O)C(C)=O)C=CC(=O)O2)ccc1O. The third-order valence-electron chi connectivity index (χ3n) is 5.05. The predicted molar refractivity (Wildman–Crippen MR) is 96.0 cm³/mol. The van der Waals surface area contributed by atoms with Gasteiger partial charge in [-0.05, 0) is 55.4 Å². The van der Waals surface area contributed by atoms with E-state index in [1.54, 1.807) is 12.1 Å². The number of hydrogen-bond acceptors (Lipinski definition) is 6. The van der Waals surface area contributed by atoms with Crippen molar-refractivity contribution in [2.75, 3.05) is 7.11 Å². The molecule has 6 heteroatoms. The molecule has 0 bridgehead atoms. The van der Waals surface area contributed by atoms with Crippen molar-refractivity contribution in [3.8, 4) is 11.5 Å². The highest BCUT2D eigenvalue weighted by Crippen LogP contribution is 2.36. The maximum Gasteiger partial charge on any atom is 0.331 e. The van der Waals surface area contributed by atoms with Crippen LogP contribution in [0.15, 0.2) is 30.4 Å². The van der Waals surface area contributed by atoms with Crippen LogP contribution in [0.1, 0.15) is 32.8 Å². The van der Waals surface area contributed by atoms with Gasteiger partial charge in [0.2, 0.25) is 0 Å². The molecule has 0 unspecified atom stereocenters. The summed E-state index contributed by atoms with van der Waals surface area (Å²) in [6.45, 7) is 5.33. The van der Waals surface area contributed by atoms with Gasteiger partial charge in [-0.2, -0.15) is 0 Å². The van der Waals surface area contributed by atoms with Crippen LogP contribution >= 0.6 is 0 Å². The third kappa shape index (κ3) is 4.25. The van der Waals surface area contributed by atoms with Crippen molar-refractivity contribution in [3.63, 3.8) is 0 Å². The molecular weight excluding hydrogens is 336 g/mol. The lowest BCUT2D eigenvalue weighted by atomic mass is 9.78. The fourth-order valence-corrected chi connectivity index (χ4v) is 3.30. The fraction of sp³-hybridized carbons (Fsp3) is 0.500. The lowest BCUT2D eigenvalue weighted by Crippen LogP contribution is -2.47. The lowest BCUT2D eigenvalue weighted by Gasteiger charge is -2.34. The number of aliphatic hydroxyl groups excluding tert-OH is 1. The standard InChI is InChI=1S/C20H26O6/c1-12(9-15-5-6-16(22)17(10-15)25-4)13(2)11-20(19(24)14(3)21)8-7-18(23)26-20/h5-8,10,12-13,19,22,24H,9,11H2,1-4H3/t12-,13+,19-,20-/m1/s1. The Labute approximate surface area is 153 Å². The maximum atomic E-state index is 11.7. The van der Waals surface area contributed by atoms with Gasteiger partial charge in [-0.3, -0.25) is 4.79 Å². The van der Waals surface area contributed by atoms with E-state index in [4.69, 9.17) is 9.47 Å². The van der Waals surface area contributed by atoms with Crippen LogP contribution in [0.4, 0.5) is 0 Å². The quantitative estimate of drug-likeness (QED) is 0.690. The second kappa shape index (κ2) is 7.91. The Hall–Kier alpha value is -2.34. The predicted octanol–water partition coefficient (Wildman–Crippen LogP) is 2.41. The van der Waals surface area contributed by atoms with Crippen molar-refractivity contribution in [1.82, 2.24) is 0 Å². The smallest absolute Gasteiger partial charge is 0.331 e. The van der Waals surface area contributed by atoms with Gasteiger partial charge in [0.25, 0.3) is 0 Å². The first-order valence-corrected chi connectivity index (χ1v) is 8.65. The number of aliphatic hydroxyl groups is 1. The van der Waals surface area contributed by atoms with E-state index < -0.39 is 23.5 Å². The summed E-state index contributed by atoms with van der Waals surface area (Å²) in [5.74, 6) is -0.254. The summed E-state index contributed by atoms with van der Waals surface area (Å²) in [7, 11) is 1.50. The van der Waals surface area contributed by atoms with Crippen molar-refractivity contribution in [2.24, 2.45) is 11.8 Å². The Morgan fingerprint density at radius 3 is 2.54 bits per heavy atom. The van der Waals surface area contributed by atoms with Crippen LogP contribution in [0.2, 0.25) is 0 Å². The topological polar surface area (TPSA) is 93.1 Å². The maximum absolute atomic E-state index is 11.7. The van der Waals surface area contributed by atoms with Gasteiger partial charge in [-0.1, -0.05) is 19.9 Å². The number of phenolic OH excluding ortho intramolecular Hbond substituents is 1. The molecule has 142 valence electrons. The zero-order valence-corrected chi connectivity index (χ0v) is 15.6. The van der Waals surface area contributed by atoms with E-state index in [9.17, 15) is 19.8 Å². The van der Waals surface area contributed by atoms with Crippen molar-refractivity contribution in [2.45, 2.75) is 45.3 Å². The molecule has 6 nitrogen and oxygen atoms in total. The summed E-state index contributed by atoms with van der Waals surface area (Å²) < 4.78 is 10.5. The van der Waals surface area contributed by atoms with Gasteiger partial charge in [0, 0.05) is 6.08 Å². The molecule has 0 fully saturated rings. The number of rotatable bonds is 8. The van der Waals surface area contributed by atoms with E-state index in [1.807, 2.05) is 13.0 Å². The Morgan fingerprint density at radius 2 is 2.00 bits per heavy atom. The molecule has 2 rings (SSSR count). The third-order valence-corrected chi connectivity index (χ3v) is 5.05. The van der Waals surface area contributed by atoms with E-state index in [1.165, 1.54) is 26.2 Å². The van der Waals surface area contributed by atoms with Crippen LogP contribution in [0.25, 0.3) is 0 Å². The van der Waals surface area contributed by atoms with E-state index >= 15 is 0 Å². The molecule has 0 aliphatic carbocycles. The highest BCUT2D eigenvalue weighted by Gasteiger charge is 2.46. The second-order valence-corrected chi connectivity index (χ2v) is 7.09. The van der Waals surface area contributed by atoms with Crippen LogP contribution in [0.5, 0.6) is 11.5 Å². The number of benzene rings is 1. The minimum Gasteiger partial charge on any atom is -0.504 e. The number of cyclic esters (lactones) is 1. The fourth-order valence-electron chi connectivity index (χ4n) is 3.30. The highest BCUT2D eigenvalue weighted by molar-refractivity contribution is 5.88. The molecule has 0 spiro atoms. The number of carbonyl (C=O) groups is 2. The molecule has 1 aromatic rings. The monoisotopic (exact) mass is 362 g/mol. The number of ether oxygens (including phenoxy) is 2. The average molecular weight is 362 g/mol. The summed E-state index contributed by atoms with van der Waals surface area (Å²) in [6.07, 6.45) is 2.42. The van der Waals surface area contributed by atoms with Crippen LogP contribution in [0.3, 0.4) is 0 Å². The molecule has 0 saturated carbocycles. The summed E-state index contributed by atoms with van der Waals surface area (Å²) in [6, 6.07) is 5.21. The van der Waals surface area contributed by atoms with Gasteiger partial charge in [0.05, 0.1) is 7.11 Å². The largest absolute Gasteiger partial charge is 0.504 e. The molecule has 2 N–H and O–H groups in total. The van der Waals surface area contributed by atoms with Crippen molar-refractivity contribution in [1.29, 1.82) is 0 Å². The van der Waals surface area contributed by atoms with Crippen molar-refractivity contribution in [3.05, 3.63) is 35.9 Å². The molecule has 0 saturated heterocycles. The van der Waals surface area contributed by atoms with Gasteiger partial charge >= 0.3 is 5.97 Å². The molecule has 1 aliphatic rings. The molecular formula is C20H26O6. The summed E-state index contributed by atoms with van der Waals surface area (Å²) in [5.41, 5.74) is -0.303. The van der Waals surface area contributed by atoms with Gasteiger partial charge in [-0.15, -0.1) is 0 Å². The number of hydrogen-bond donors (Lipinski definition) is 2. The number of ketones is 1. The molecule has 0 aromatic heterocycles. The zero-order valence-electron chi connectivity index (χ0n) is 15.6. The van der Waals surface area contributed by atoms with E-state index in [0.29, 0.717) is 18.6 Å². The number of methoxy groups -OCH3 is 1. The van der Waals surface area contributed by atoms with Crippen molar-refractivity contribution >= 4 is 11.8 Å². The first-order valence-electron chi connectivity index (χ1n) is 8.65. The van der Waals surface area contributed by atoms with Gasteiger partial charge in [0.15, 0.2) is 29.0 Å². The van der Waals surface area contributed by atoms with Gasteiger partial charge in [-0.25, -0.2) is 4.79 Å². The normalized spacial score (nSPS) is 22.6. The molecule has 0 radical (unpaired) electrons. The van der Waals surface area contributed by atoms with E-state index in [2.05, 4.69) is 6.92 Å². The average Bonchev–Trinajstić information content (AvgIpc) is 2.97. The number of carbonyl (C=O) groups excluding carboxylic acids is 2. The molecule has 26 heavy (non-hydrogen) atoms. The van der Waals surface area contributed by atoms with Crippen molar-refractivity contribution < 1.29 is 29.3 Å². The van der Waals surface area contributed by atoms with E-state index in [-0.39, 0.29) is 17.6 Å². The minimum absolute atomic E-state index is 0.0550. The lowest BCUT2D eigenvalue weighted by molar-refractivity contribution is -0.161. The summed E-state index contributed by atoms with van der Waals surface area (Å²) >= 11 is 0. The first kappa shape index (κ1) is 20.0. The molecule has 1 heterocycles. The number of esters is 1. The van der Waals surface area contributed by atoms with Crippen LogP contribution in [-0.2, 0) is 20.7 Å². The van der Waals surface area contributed by atoms with Crippen LogP contribution in [-0.4, -0.2) is 40.8 Å². The Balaban J connectivity index is 2.11. The number of aromatic hydroxyl groups is 1.